The summed E-state index contributed by atoms with van der Waals surface area (Å²) in [5.41, 5.74) is -0.195. The minimum atomic E-state index is -0.501. The summed E-state index contributed by atoms with van der Waals surface area (Å²) in [4.78, 5) is 1.81. The summed E-state index contributed by atoms with van der Waals surface area (Å²) in [5.74, 6) is -0.873. The lowest BCUT2D eigenvalue weighted by Gasteiger charge is -2.24. The van der Waals surface area contributed by atoms with Crippen molar-refractivity contribution >= 4 is 0 Å². The lowest BCUT2D eigenvalue weighted by atomic mass is 9.95. The van der Waals surface area contributed by atoms with Crippen molar-refractivity contribution < 1.29 is 8.78 Å². The molecule has 0 radical (unpaired) electrons. The van der Waals surface area contributed by atoms with Crippen molar-refractivity contribution in [2.75, 3.05) is 13.6 Å². The fourth-order valence-corrected chi connectivity index (χ4v) is 1.72. The molecule has 1 aromatic carbocycles. The zero-order valence-electron chi connectivity index (χ0n) is 10.3. The molecule has 1 rings (SSSR count). The summed E-state index contributed by atoms with van der Waals surface area (Å²) in [6.45, 7) is 4.41. The monoisotopic (exact) mass is 238 g/mol. The second-order valence-electron chi connectivity index (χ2n) is 4.90. The maximum Gasteiger partial charge on any atom is 0.127 e. The predicted molar refractivity (Wildman–Crippen MR) is 62.1 cm³/mol. The first-order chi connectivity index (χ1) is 7.84. The topological polar surface area (TPSA) is 27.0 Å². The van der Waals surface area contributed by atoms with E-state index in [1.54, 1.807) is 11.9 Å². The molecule has 0 unspecified atom stereocenters. The summed E-state index contributed by atoms with van der Waals surface area (Å²) in [6.07, 6.45) is 0. The van der Waals surface area contributed by atoms with Gasteiger partial charge in [-0.1, -0.05) is 0 Å². The van der Waals surface area contributed by atoms with Gasteiger partial charge in [-0.05, 0) is 39.1 Å². The van der Waals surface area contributed by atoms with Gasteiger partial charge >= 0.3 is 0 Å². The van der Waals surface area contributed by atoms with Gasteiger partial charge in [0.15, 0.2) is 0 Å². The first-order valence-corrected chi connectivity index (χ1v) is 5.38. The van der Waals surface area contributed by atoms with E-state index >= 15 is 0 Å². The number of rotatable bonds is 4. The third-order valence-corrected chi connectivity index (χ3v) is 2.42. The van der Waals surface area contributed by atoms with Crippen molar-refractivity contribution in [2.45, 2.75) is 20.4 Å². The van der Waals surface area contributed by atoms with Gasteiger partial charge in [0.25, 0.3) is 0 Å². The van der Waals surface area contributed by atoms with Crippen LogP contribution in [0.2, 0.25) is 0 Å². The molecule has 1 aromatic rings. The van der Waals surface area contributed by atoms with Gasteiger partial charge in [-0.15, -0.1) is 0 Å². The molecule has 0 aromatic heterocycles. The van der Waals surface area contributed by atoms with E-state index in [0.29, 0.717) is 12.1 Å². The highest BCUT2D eigenvalue weighted by Gasteiger charge is 2.19. The molecule has 0 spiro atoms. The highest BCUT2D eigenvalue weighted by atomic mass is 19.1. The Labute approximate surface area is 100 Å². The molecular weight excluding hydrogens is 222 g/mol. The van der Waals surface area contributed by atoms with Crippen LogP contribution in [0, 0.1) is 28.4 Å². The van der Waals surface area contributed by atoms with Crippen LogP contribution < -0.4 is 0 Å². The number of nitriles is 1. The first-order valence-electron chi connectivity index (χ1n) is 5.38. The quantitative estimate of drug-likeness (QED) is 0.806. The standard InChI is InChI=1S/C13H16F2N2/c1-13(2,8-16)9-17(3)7-10-6-11(14)4-5-12(10)15/h4-6H,7,9H2,1-3H3. The Balaban J connectivity index is 2.72. The Kier molecular flexibility index (Phi) is 4.19. The summed E-state index contributed by atoms with van der Waals surface area (Å²) < 4.78 is 26.4. The Morgan fingerprint density at radius 3 is 2.59 bits per heavy atom. The second kappa shape index (κ2) is 5.24. The fraction of sp³-hybridized carbons (Fsp3) is 0.462. The van der Waals surface area contributed by atoms with Crippen LogP contribution in [0.25, 0.3) is 0 Å². The molecule has 0 aliphatic rings. The maximum atomic E-state index is 13.4. The molecule has 92 valence electrons. The van der Waals surface area contributed by atoms with Crippen molar-refractivity contribution in [1.29, 1.82) is 5.26 Å². The van der Waals surface area contributed by atoms with Gasteiger partial charge in [-0.3, -0.25) is 0 Å². The van der Waals surface area contributed by atoms with E-state index in [-0.39, 0.29) is 6.54 Å². The summed E-state index contributed by atoms with van der Waals surface area (Å²) in [7, 11) is 1.78. The molecule has 17 heavy (non-hydrogen) atoms. The third-order valence-electron chi connectivity index (χ3n) is 2.42. The van der Waals surface area contributed by atoms with Gasteiger partial charge in [0, 0.05) is 18.7 Å². The van der Waals surface area contributed by atoms with Crippen LogP contribution in [0.3, 0.4) is 0 Å². The van der Waals surface area contributed by atoms with Crippen molar-refractivity contribution in [3.05, 3.63) is 35.4 Å². The molecule has 2 nitrogen and oxygen atoms in total. The van der Waals surface area contributed by atoms with Crippen LogP contribution in [0.4, 0.5) is 8.78 Å². The van der Waals surface area contributed by atoms with E-state index in [4.69, 9.17) is 5.26 Å². The van der Waals surface area contributed by atoms with Crippen LogP contribution in [-0.2, 0) is 6.54 Å². The molecule has 0 amide bonds. The number of nitrogens with zero attached hydrogens (tertiary/aromatic N) is 2. The molecule has 0 aliphatic carbocycles. The maximum absolute atomic E-state index is 13.4. The average molecular weight is 238 g/mol. The zero-order valence-corrected chi connectivity index (χ0v) is 10.3. The molecule has 0 fully saturated rings. The minimum absolute atomic E-state index is 0.286. The summed E-state index contributed by atoms with van der Waals surface area (Å²) in [6, 6.07) is 5.57. The van der Waals surface area contributed by atoms with Crippen molar-refractivity contribution in [3.8, 4) is 6.07 Å². The number of hydrogen-bond acceptors (Lipinski definition) is 2. The lowest BCUT2D eigenvalue weighted by Crippen LogP contribution is -2.30. The van der Waals surface area contributed by atoms with Gasteiger partial charge in [-0.2, -0.15) is 5.26 Å². The third kappa shape index (κ3) is 4.12. The number of hydrogen-bond donors (Lipinski definition) is 0. The van der Waals surface area contributed by atoms with Crippen LogP contribution in [0.15, 0.2) is 18.2 Å². The average Bonchev–Trinajstić information content (AvgIpc) is 2.23. The van der Waals surface area contributed by atoms with Gasteiger partial charge in [0.05, 0.1) is 11.5 Å². The van der Waals surface area contributed by atoms with Gasteiger partial charge < -0.3 is 4.90 Å². The Bertz CT molecular complexity index is 436. The molecular formula is C13H16F2N2. The normalized spacial score (nSPS) is 11.6. The van der Waals surface area contributed by atoms with E-state index in [0.717, 1.165) is 12.1 Å². The Hall–Kier alpha value is -1.47. The minimum Gasteiger partial charge on any atom is -0.300 e. The van der Waals surface area contributed by atoms with Gasteiger partial charge in [-0.25, -0.2) is 8.78 Å². The van der Waals surface area contributed by atoms with Crippen LogP contribution in [-0.4, -0.2) is 18.5 Å². The Morgan fingerprint density at radius 2 is 2.00 bits per heavy atom. The van der Waals surface area contributed by atoms with E-state index in [9.17, 15) is 8.78 Å². The number of benzene rings is 1. The first kappa shape index (κ1) is 13.6. The Morgan fingerprint density at radius 1 is 1.35 bits per heavy atom. The van der Waals surface area contributed by atoms with Crippen molar-refractivity contribution in [2.24, 2.45) is 5.41 Å². The molecule has 0 aliphatic heterocycles. The SMILES string of the molecule is CN(Cc1cc(F)ccc1F)CC(C)(C)C#N. The van der Waals surface area contributed by atoms with E-state index in [1.807, 2.05) is 13.8 Å². The predicted octanol–water partition coefficient (Wildman–Crippen LogP) is 2.95. The molecule has 0 N–H and O–H groups in total. The van der Waals surface area contributed by atoms with E-state index < -0.39 is 17.0 Å². The molecule has 0 saturated carbocycles. The fourth-order valence-electron chi connectivity index (χ4n) is 1.72. The smallest absolute Gasteiger partial charge is 0.127 e. The molecule has 0 saturated heterocycles. The molecule has 0 heterocycles. The zero-order chi connectivity index (χ0) is 13.1. The lowest BCUT2D eigenvalue weighted by molar-refractivity contribution is 0.245. The molecule has 0 bridgehead atoms. The van der Waals surface area contributed by atoms with Crippen LogP contribution >= 0.6 is 0 Å². The van der Waals surface area contributed by atoms with Crippen LogP contribution in [0.5, 0.6) is 0 Å². The summed E-state index contributed by atoms with van der Waals surface area (Å²) >= 11 is 0. The summed E-state index contributed by atoms with van der Waals surface area (Å²) in [5, 5.41) is 8.90. The van der Waals surface area contributed by atoms with E-state index in [2.05, 4.69) is 6.07 Å². The van der Waals surface area contributed by atoms with Gasteiger partial charge in [0.2, 0.25) is 0 Å². The largest absolute Gasteiger partial charge is 0.300 e. The molecule has 0 atom stereocenters. The second-order valence-corrected chi connectivity index (χ2v) is 4.90. The van der Waals surface area contributed by atoms with Crippen molar-refractivity contribution in [3.63, 3.8) is 0 Å². The van der Waals surface area contributed by atoms with Gasteiger partial charge in [0.1, 0.15) is 11.6 Å². The van der Waals surface area contributed by atoms with Crippen molar-refractivity contribution in [1.82, 2.24) is 4.90 Å². The highest BCUT2D eigenvalue weighted by Crippen LogP contribution is 2.17. The highest BCUT2D eigenvalue weighted by molar-refractivity contribution is 5.18. The number of halogens is 2. The van der Waals surface area contributed by atoms with E-state index in [1.165, 1.54) is 6.07 Å². The molecule has 4 heteroatoms. The van der Waals surface area contributed by atoms with Crippen LogP contribution in [0.1, 0.15) is 19.4 Å².